The van der Waals surface area contributed by atoms with E-state index in [9.17, 15) is 4.79 Å². The Morgan fingerprint density at radius 2 is 2.10 bits per heavy atom. The molecule has 5 nitrogen and oxygen atoms in total. The van der Waals surface area contributed by atoms with Crippen molar-refractivity contribution in [1.29, 1.82) is 0 Å². The van der Waals surface area contributed by atoms with Crippen molar-refractivity contribution < 1.29 is 0 Å². The monoisotopic (exact) mass is 278 g/mol. The first-order valence-electron chi connectivity index (χ1n) is 7.54. The van der Waals surface area contributed by atoms with Gasteiger partial charge in [-0.25, -0.2) is 4.98 Å². The molecular weight excluding hydrogens is 252 g/mol. The number of nitrogens with zero attached hydrogens (tertiary/aromatic N) is 3. The van der Waals surface area contributed by atoms with Crippen molar-refractivity contribution in [3.8, 4) is 0 Å². The minimum absolute atomic E-state index is 0.0267. The van der Waals surface area contributed by atoms with E-state index in [4.69, 9.17) is 0 Å². The third-order valence-corrected chi connectivity index (χ3v) is 4.03. The molecule has 1 aromatic heterocycles. The fourth-order valence-electron chi connectivity index (χ4n) is 2.69. The molecule has 0 aromatic carbocycles. The van der Waals surface area contributed by atoms with Gasteiger partial charge in [-0.1, -0.05) is 0 Å². The fourth-order valence-corrected chi connectivity index (χ4v) is 2.69. The minimum atomic E-state index is -0.0267. The van der Waals surface area contributed by atoms with Gasteiger partial charge in [0.2, 0.25) is 0 Å². The van der Waals surface area contributed by atoms with E-state index in [1.54, 1.807) is 17.0 Å². The van der Waals surface area contributed by atoms with Crippen LogP contribution < -0.4 is 10.9 Å². The van der Waals surface area contributed by atoms with Crippen LogP contribution in [0.2, 0.25) is 0 Å². The summed E-state index contributed by atoms with van der Waals surface area (Å²) in [5.41, 5.74) is -0.0267. The Bertz CT molecular complexity index is 495. The van der Waals surface area contributed by atoms with Gasteiger partial charge < -0.3 is 14.8 Å². The standard InChI is InChI=1S/C15H26N4O/c1-11(2)18-7-5-13(10-18)9-17-14-15(20)19(12(3)4)8-6-16-14/h6,8,11-13H,5,7,9-10H2,1-4H3,(H,16,17). The van der Waals surface area contributed by atoms with Gasteiger partial charge in [0.05, 0.1) is 0 Å². The van der Waals surface area contributed by atoms with Crippen LogP contribution in [-0.4, -0.2) is 40.1 Å². The number of rotatable bonds is 5. The third kappa shape index (κ3) is 3.39. The smallest absolute Gasteiger partial charge is 0.293 e. The normalized spacial score (nSPS) is 20.0. The summed E-state index contributed by atoms with van der Waals surface area (Å²) < 4.78 is 1.71. The first-order valence-corrected chi connectivity index (χ1v) is 7.54. The van der Waals surface area contributed by atoms with Crippen LogP contribution in [0, 0.1) is 5.92 Å². The Labute approximate surface area is 121 Å². The quantitative estimate of drug-likeness (QED) is 0.894. The van der Waals surface area contributed by atoms with E-state index in [1.807, 2.05) is 13.8 Å². The molecule has 1 N–H and O–H groups in total. The summed E-state index contributed by atoms with van der Waals surface area (Å²) >= 11 is 0. The molecule has 1 aromatic rings. The van der Waals surface area contributed by atoms with Gasteiger partial charge in [-0.2, -0.15) is 0 Å². The highest BCUT2D eigenvalue weighted by molar-refractivity contribution is 5.31. The van der Waals surface area contributed by atoms with E-state index in [2.05, 4.69) is 29.0 Å². The van der Waals surface area contributed by atoms with Crippen molar-refractivity contribution in [2.24, 2.45) is 5.92 Å². The van der Waals surface area contributed by atoms with Gasteiger partial charge in [-0.3, -0.25) is 4.79 Å². The van der Waals surface area contributed by atoms with Gasteiger partial charge in [0, 0.05) is 37.6 Å². The van der Waals surface area contributed by atoms with Crippen LogP contribution >= 0.6 is 0 Å². The number of hydrogen-bond acceptors (Lipinski definition) is 4. The zero-order valence-electron chi connectivity index (χ0n) is 13.0. The molecule has 0 spiro atoms. The Kier molecular flexibility index (Phi) is 4.81. The van der Waals surface area contributed by atoms with Crippen LogP contribution in [0.4, 0.5) is 5.82 Å². The zero-order valence-corrected chi connectivity index (χ0v) is 13.0. The molecule has 0 aliphatic carbocycles. The van der Waals surface area contributed by atoms with E-state index >= 15 is 0 Å². The molecule has 2 heterocycles. The van der Waals surface area contributed by atoms with Gasteiger partial charge >= 0.3 is 0 Å². The summed E-state index contributed by atoms with van der Waals surface area (Å²) in [5.74, 6) is 1.08. The van der Waals surface area contributed by atoms with Crippen molar-refractivity contribution >= 4 is 5.82 Å². The third-order valence-electron chi connectivity index (χ3n) is 4.03. The average Bonchev–Trinajstić information content (AvgIpc) is 2.86. The number of aromatic nitrogens is 2. The largest absolute Gasteiger partial charge is 0.365 e. The molecule has 112 valence electrons. The zero-order chi connectivity index (χ0) is 14.7. The summed E-state index contributed by atoms with van der Waals surface area (Å²) in [6, 6.07) is 0.766. The van der Waals surface area contributed by atoms with E-state index in [0.717, 1.165) is 19.6 Å². The lowest BCUT2D eigenvalue weighted by molar-refractivity contribution is 0.266. The van der Waals surface area contributed by atoms with Crippen LogP contribution in [0.15, 0.2) is 17.2 Å². The van der Waals surface area contributed by atoms with Crippen LogP contribution in [0.25, 0.3) is 0 Å². The molecule has 20 heavy (non-hydrogen) atoms. The molecule has 1 unspecified atom stereocenters. The van der Waals surface area contributed by atoms with E-state index < -0.39 is 0 Å². The highest BCUT2D eigenvalue weighted by Gasteiger charge is 2.24. The maximum absolute atomic E-state index is 12.2. The summed E-state index contributed by atoms with van der Waals surface area (Å²) in [4.78, 5) is 18.9. The molecule has 1 saturated heterocycles. The molecule has 1 aliphatic heterocycles. The first kappa shape index (κ1) is 15.0. The summed E-state index contributed by atoms with van der Waals surface area (Å²) in [6.45, 7) is 11.6. The van der Waals surface area contributed by atoms with Crippen LogP contribution in [0.5, 0.6) is 0 Å². The predicted molar refractivity (Wildman–Crippen MR) is 82.2 cm³/mol. The minimum Gasteiger partial charge on any atom is -0.365 e. The molecule has 1 atom stereocenters. The molecule has 1 aliphatic rings. The van der Waals surface area contributed by atoms with Crippen LogP contribution in [-0.2, 0) is 0 Å². The van der Waals surface area contributed by atoms with Crippen molar-refractivity contribution in [2.75, 3.05) is 25.0 Å². The molecule has 0 amide bonds. The summed E-state index contributed by atoms with van der Waals surface area (Å²) in [7, 11) is 0. The van der Waals surface area contributed by atoms with Crippen LogP contribution in [0.1, 0.15) is 40.2 Å². The topological polar surface area (TPSA) is 50.2 Å². The van der Waals surface area contributed by atoms with Gasteiger partial charge in [0.1, 0.15) is 0 Å². The average molecular weight is 278 g/mol. The summed E-state index contributed by atoms with van der Waals surface area (Å²) in [5, 5.41) is 3.24. The van der Waals surface area contributed by atoms with Crippen LogP contribution in [0.3, 0.4) is 0 Å². The lowest BCUT2D eigenvalue weighted by Gasteiger charge is -2.20. The Morgan fingerprint density at radius 3 is 2.70 bits per heavy atom. The highest BCUT2D eigenvalue weighted by Crippen LogP contribution is 2.18. The highest BCUT2D eigenvalue weighted by atomic mass is 16.1. The second-order valence-corrected chi connectivity index (χ2v) is 6.21. The number of anilines is 1. The number of hydrogen-bond donors (Lipinski definition) is 1. The van der Waals surface area contributed by atoms with Gasteiger partial charge in [-0.15, -0.1) is 0 Å². The van der Waals surface area contributed by atoms with E-state index in [-0.39, 0.29) is 11.6 Å². The predicted octanol–water partition coefficient (Wildman–Crippen LogP) is 1.97. The second-order valence-electron chi connectivity index (χ2n) is 6.21. The number of likely N-dealkylation sites (tertiary alicyclic amines) is 1. The first-order chi connectivity index (χ1) is 9.49. The molecule has 0 radical (unpaired) electrons. The van der Waals surface area contributed by atoms with Gasteiger partial charge in [0.15, 0.2) is 5.82 Å². The summed E-state index contributed by atoms with van der Waals surface area (Å²) in [6.07, 6.45) is 4.63. The maximum atomic E-state index is 12.2. The van der Waals surface area contributed by atoms with Crippen molar-refractivity contribution in [1.82, 2.24) is 14.5 Å². The van der Waals surface area contributed by atoms with E-state index in [0.29, 0.717) is 17.8 Å². The Hall–Kier alpha value is -1.36. The van der Waals surface area contributed by atoms with Gasteiger partial charge in [-0.05, 0) is 46.6 Å². The Morgan fingerprint density at radius 1 is 1.35 bits per heavy atom. The number of nitrogens with one attached hydrogen (secondary N) is 1. The molecule has 5 heteroatoms. The molecule has 0 bridgehead atoms. The molecule has 1 fully saturated rings. The molecular formula is C15H26N4O. The van der Waals surface area contributed by atoms with Gasteiger partial charge in [0.25, 0.3) is 5.56 Å². The van der Waals surface area contributed by atoms with E-state index in [1.165, 1.54) is 6.42 Å². The van der Waals surface area contributed by atoms with Crippen molar-refractivity contribution in [3.05, 3.63) is 22.7 Å². The maximum Gasteiger partial charge on any atom is 0.293 e. The lowest BCUT2D eigenvalue weighted by Crippen LogP contribution is -2.30. The molecule has 2 rings (SSSR count). The molecule has 0 saturated carbocycles. The SMILES string of the molecule is CC(C)N1CCC(CNc2nccn(C(C)C)c2=O)C1. The second kappa shape index (κ2) is 6.39. The fraction of sp³-hybridized carbons (Fsp3) is 0.733. The van der Waals surface area contributed by atoms with Crippen molar-refractivity contribution in [2.45, 2.75) is 46.2 Å². The lowest BCUT2D eigenvalue weighted by atomic mass is 10.1. The van der Waals surface area contributed by atoms with Crippen molar-refractivity contribution in [3.63, 3.8) is 0 Å². The Balaban J connectivity index is 1.95.